The number of carbonyl (C=O) groups is 1. The lowest BCUT2D eigenvalue weighted by atomic mass is 10.1. The van der Waals surface area contributed by atoms with Crippen molar-refractivity contribution in [3.05, 3.63) is 58.4 Å². The minimum Gasteiger partial charge on any atom is -0.461 e. The van der Waals surface area contributed by atoms with Crippen LogP contribution in [0.1, 0.15) is 28.5 Å². The molecular formula is C15H16ClNO2. The quantitative estimate of drug-likeness (QED) is 0.799. The molecule has 3 nitrogen and oxygen atoms in total. The first-order valence-corrected chi connectivity index (χ1v) is 6.57. The van der Waals surface area contributed by atoms with Gasteiger partial charge in [-0.2, -0.15) is 0 Å². The predicted molar refractivity (Wildman–Crippen MR) is 75.7 cm³/mol. The third-order valence-corrected chi connectivity index (χ3v) is 3.22. The van der Waals surface area contributed by atoms with E-state index in [-0.39, 0.29) is 5.97 Å². The van der Waals surface area contributed by atoms with Gasteiger partial charge < -0.3 is 9.30 Å². The molecule has 0 aliphatic carbocycles. The van der Waals surface area contributed by atoms with Crippen molar-refractivity contribution >= 4 is 17.6 Å². The first-order valence-electron chi connectivity index (χ1n) is 6.19. The van der Waals surface area contributed by atoms with Crippen molar-refractivity contribution in [2.45, 2.75) is 20.4 Å². The Morgan fingerprint density at radius 1 is 1.37 bits per heavy atom. The molecule has 0 atom stereocenters. The minimum atomic E-state index is -0.310. The molecule has 1 aromatic carbocycles. The summed E-state index contributed by atoms with van der Waals surface area (Å²) in [5.74, 6) is -0.310. The Bertz CT molecular complexity index is 590. The maximum Gasteiger partial charge on any atom is 0.354 e. The van der Waals surface area contributed by atoms with E-state index in [0.717, 1.165) is 11.1 Å². The summed E-state index contributed by atoms with van der Waals surface area (Å²) in [6, 6.07) is 9.49. The van der Waals surface area contributed by atoms with Gasteiger partial charge in [-0.3, -0.25) is 0 Å². The van der Waals surface area contributed by atoms with Crippen LogP contribution in [-0.4, -0.2) is 17.1 Å². The van der Waals surface area contributed by atoms with Crippen LogP contribution < -0.4 is 0 Å². The van der Waals surface area contributed by atoms with Crippen molar-refractivity contribution < 1.29 is 9.53 Å². The molecule has 19 heavy (non-hydrogen) atoms. The second-order valence-electron chi connectivity index (χ2n) is 4.34. The maximum absolute atomic E-state index is 11.8. The van der Waals surface area contributed by atoms with Gasteiger partial charge in [-0.15, -0.1) is 0 Å². The number of hydrogen-bond donors (Lipinski definition) is 0. The first kappa shape index (κ1) is 13.7. The molecular weight excluding hydrogens is 262 g/mol. The van der Waals surface area contributed by atoms with E-state index in [0.29, 0.717) is 23.9 Å². The number of hydrogen-bond acceptors (Lipinski definition) is 2. The van der Waals surface area contributed by atoms with Crippen molar-refractivity contribution in [1.82, 2.24) is 4.57 Å². The maximum atomic E-state index is 11.8. The van der Waals surface area contributed by atoms with Crippen LogP contribution in [0.25, 0.3) is 0 Å². The topological polar surface area (TPSA) is 31.2 Å². The molecule has 0 spiro atoms. The van der Waals surface area contributed by atoms with E-state index >= 15 is 0 Å². The zero-order valence-corrected chi connectivity index (χ0v) is 11.8. The lowest BCUT2D eigenvalue weighted by Gasteiger charge is -2.10. The van der Waals surface area contributed by atoms with Crippen molar-refractivity contribution in [3.8, 4) is 0 Å². The average Bonchev–Trinajstić information content (AvgIpc) is 2.81. The molecule has 0 saturated heterocycles. The summed E-state index contributed by atoms with van der Waals surface area (Å²) in [6.45, 7) is 4.72. The summed E-state index contributed by atoms with van der Waals surface area (Å²) in [4.78, 5) is 11.8. The van der Waals surface area contributed by atoms with Gasteiger partial charge in [0.15, 0.2) is 0 Å². The summed E-state index contributed by atoms with van der Waals surface area (Å²) in [5.41, 5.74) is 2.64. The number of rotatable bonds is 4. The lowest BCUT2D eigenvalue weighted by molar-refractivity contribution is 0.0514. The monoisotopic (exact) mass is 277 g/mol. The van der Waals surface area contributed by atoms with Crippen LogP contribution in [0.15, 0.2) is 36.5 Å². The highest BCUT2D eigenvalue weighted by Gasteiger charge is 2.12. The van der Waals surface area contributed by atoms with Gasteiger partial charge in [0.25, 0.3) is 0 Å². The second kappa shape index (κ2) is 5.93. The van der Waals surface area contributed by atoms with E-state index in [1.807, 2.05) is 42.0 Å². The summed E-state index contributed by atoms with van der Waals surface area (Å²) < 4.78 is 6.86. The number of nitrogens with zero attached hydrogens (tertiary/aromatic N) is 1. The highest BCUT2D eigenvalue weighted by Crippen LogP contribution is 2.19. The second-order valence-corrected chi connectivity index (χ2v) is 4.74. The minimum absolute atomic E-state index is 0.310. The Kier molecular flexibility index (Phi) is 4.27. The fraction of sp³-hybridized carbons (Fsp3) is 0.267. The number of benzene rings is 1. The molecule has 0 unspecified atom stereocenters. The standard InChI is InChI=1S/C15H16ClNO2/c1-3-19-15(18)14-5-4-8-17(14)10-12-7-6-11(2)9-13(12)16/h4-9H,3,10H2,1-2H3. The Balaban J connectivity index is 2.24. The molecule has 1 aromatic heterocycles. The molecule has 0 amide bonds. The van der Waals surface area contributed by atoms with Gasteiger partial charge in [0, 0.05) is 17.8 Å². The van der Waals surface area contributed by atoms with Gasteiger partial charge in [0.2, 0.25) is 0 Å². The van der Waals surface area contributed by atoms with Crippen LogP contribution in [0.5, 0.6) is 0 Å². The fourth-order valence-corrected chi connectivity index (χ4v) is 2.20. The summed E-state index contributed by atoms with van der Waals surface area (Å²) in [7, 11) is 0. The molecule has 0 aliphatic rings. The highest BCUT2D eigenvalue weighted by molar-refractivity contribution is 6.31. The molecule has 0 fully saturated rings. The van der Waals surface area contributed by atoms with Gasteiger partial charge in [0.1, 0.15) is 5.69 Å². The van der Waals surface area contributed by atoms with E-state index in [9.17, 15) is 4.79 Å². The number of aromatic nitrogens is 1. The van der Waals surface area contributed by atoms with Crippen LogP contribution in [-0.2, 0) is 11.3 Å². The van der Waals surface area contributed by atoms with Crippen LogP contribution in [0.2, 0.25) is 5.02 Å². The molecule has 0 saturated carbocycles. The largest absolute Gasteiger partial charge is 0.461 e. The number of aryl methyl sites for hydroxylation is 1. The molecule has 4 heteroatoms. The predicted octanol–water partition coefficient (Wildman–Crippen LogP) is 3.67. The van der Waals surface area contributed by atoms with E-state index in [1.165, 1.54) is 0 Å². The molecule has 2 rings (SSSR count). The number of carbonyl (C=O) groups excluding carboxylic acids is 1. The zero-order chi connectivity index (χ0) is 13.8. The van der Waals surface area contributed by atoms with Gasteiger partial charge in [-0.25, -0.2) is 4.79 Å². The smallest absolute Gasteiger partial charge is 0.354 e. The molecule has 100 valence electrons. The Morgan fingerprint density at radius 2 is 2.16 bits per heavy atom. The lowest BCUT2D eigenvalue weighted by Crippen LogP contribution is -2.12. The van der Waals surface area contributed by atoms with Crippen molar-refractivity contribution in [2.75, 3.05) is 6.61 Å². The summed E-state index contributed by atoms with van der Waals surface area (Å²) >= 11 is 6.21. The highest BCUT2D eigenvalue weighted by atomic mass is 35.5. The Morgan fingerprint density at radius 3 is 2.84 bits per heavy atom. The normalized spacial score (nSPS) is 10.5. The fourth-order valence-electron chi connectivity index (χ4n) is 1.91. The number of esters is 1. The van der Waals surface area contributed by atoms with Gasteiger partial charge in [-0.05, 0) is 43.2 Å². The molecule has 0 bridgehead atoms. The van der Waals surface area contributed by atoms with E-state index < -0.39 is 0 Å². The Labute approximate surface area is 117 Å². The first-order chi connectivity index (χ1) is 9.11. The van der Waals surface area contributed by atoms with E-state index in [2.05, 4.69) is 0 Å². The van der Waals surface area contributed by atoms with Gasteiger partial charge in [-0.1, -0.05) is 23.7 Å². The molecule has 2 aromatic rings. The number of ether oxygens (including phenoxy) is 1. The van der Waals surface area contributed by atoms with Gasteiger partial charge >= 0.3 is 5.97 Å². The number of halogens is 1. The SMILES string of the molecule is CCOC(=O)c1cccn1Cc1ccc(C)cc1Cl. The molecule has 0 radical (unpaired) electrons. The van der Waals surface area contributed by atoms with Crippen molar-refractivity contribution in [3.63, 3.8) is 0 Å². The third kappa shape index (κ3) is 3.18. The Hall–Kier alpha value is -1.74. The summed E-state index contributed by atoms with van der Waals surface area (Å²) in [5, 5.41) is 0.712. The van der Waals surface area contributed by atoms with Crippen molar-refractivity contribution in [2.24, 2.45) is 0 Å². The van der Waals surface area contributed by atoms with Gasteiger partial charge in [0.05, 0.1) is 6.61 Å². The van der Waals surface area contributed by atoms with Crippen LogP contribution in [0.4, 0.5) is 0 Å². The molecule has 0 N–H and O–H groups in total. The third-order valence-electron chi connectivity index (χ3n) is 2.86. The van der Waals surface area contributed by atoms with E-state index in [4.69, 9.17) is 16.3 Å². The molecule has 1 heterocycles. The average molecular weight is 278 g/mol. The van der Waals surface area contributed by atoms with E-state index in [1.54, 1.807) is 13.0 Å². The molecule has 0 aliphatic heterocycles. The zero-order valence-electron chi connectivity index (χ0n) is 11.0. The van der Waals surface area contributed by atoms with Crippen LogP contribution in [0.3, 0.4) is 0 Å². The van der Waals surface area contributed by atoms with Crippen LogP contribution in [0, 0.1) is 6.92 Å². The summed E-state index contributed by atoms with van der Waals surface area (Å²) in [6.07, 6.45) is 1.85. The van der Waals surface area contributed by atoms with Crippen LogP contribution >= 0.6 is 11.6 Å². The van der Waals surface area contributed by atoms with Crippen molar-refractivity contribution in [1.29, 1.82) is 0 Å².